The maximum absolute atomic E-state index is 5.69. The Morgan fingerprint density at radius 2 is 2.07 bits per heavy atom. The summed E-state index contributed by atoms with van der Waals surface area (Å²) in [6.07, 6.45) is 1.16. The Hall–Kier alpha value is -1.28. The van der Waals surface area contributed by atoms with Crippen LogP contribution in [0.5, 0.6) is 0 Å². The third-order valence-corrected chi connectivity index (χ3v) is 2.63. The van der Waals surface area contributed by atoms with Crippen molar-refractivity contribution < 1.29 is 4.42 Å². The van der Waals surface area contributed by atoms with Crippen LogP contribution in [0, 0.1) is 6.92 Å². The average molecular weight is 203 g/mol. The second kappa shape index (κ2) is 4.49. The molecule has 0 aliphatic rings. The molecule has 2 heteroatoms. The molecule has 0 aliphatic heterocycles. The summed E-state index contributed by atoms with van der Waals surface area (Å²) < 4.78 is 5.69. The van der Waals surface area contributed by atoms with E-state index in [9.17, 15) is 0 Å². The number of nitrogens with one attached hydrogen (secondary N) is 1. The SMILES string of the molecule is CCCNCc1c(C)oc2ccccc12. The van der Waals surface area contributed by atoms with Gasteiger partial charge in [-0.1, -0.05) is 25.1 Å². The van der Waals surface area contributed by atoms with Crippen molar-refractivity contribution in [3.63, 3.8) is 0 Å². The number of furan rings is 1. The molecule has 0 atom stereocenters. The topological polar surface area (TPSA) is 25.2 Å². The third-order valence-electron chi connectivity index (χ3n) is 2.63. The molecule has 80 valence electrons. The van der Waals surface area contributed by atoms with Gasteiger partial charge in [0.2, 0.25) is 0 Å². The molecule has 2 rings (SSSR count). The molecule has 2 nitrogen and oxygen atoms in total. The second-order valence-electron chi connectivity index (χ2n) is 3.81. The Kier molecular flexibility index (Phi) is 3.07. The van der Waals surface area contributed by atoms with Crippen molar-refractivity contribution in [1.82, 2.24) is 5.32 Å². The number of para-hydroxylation sites is 1. The molecular weight excluding hydrogens is 186 g/mol. The van der Waals surface area contributed by atoms with E-state index in [1.54, 1.807) is 0 Å². The molecule has 0 fully saturated rings. The zero-order valence-corrected chi connectivity index (χ0v) is 9.34. The summed E-state index contributed by atoms with van der Waals surface area (Å²) in [6, 6.07) is 8.20. The van der Waals surface area contributed by atoms with Crippen LogP contribution in [0.25, 0.3) is 11.0 Å². The van der Waals surface area contributed by atoms with Crippen molar-refractivity contribution in [3.05, 3.63) is 35.6 Å². The molecule has 0 saturated heterocycles. The minimum absolute atomic E-state index is 0.899. The highest BCUT2D eigenvalue weighted by atomic mass is 16.3. The molecule has 1 aromatic heterocycles. The van der Waals surface area contributed by atoms with E-state index in [1.807, 2.05) is 19.1 Å². The van der Waals surface area contributed by atoms with Crippen LogP contribution in [0.1, 0.15) is 24.7 Å². The van der Waals surface area contributed by atoms with Gasteiger partial charge in [-0.25, -0.2) is 0 Å². The summed E-state index contributed by atoms with van der Waals surface area (Å²) in [5.41, 5.74) is 2.28. The van der Waals surface area contributed by atoms with E-state index in [0.29, 0.717) is 0 Å². The molecular formula is C13H17NO. The molecule has 2 aromatic rings. The maximum Gasteiger partial charge on any atom is 0.134 e. The third kappa shape index (κ3) is 2.05. The van der Waals surface area contributed by atoms with Gasteiger partial charge in [0.1, 0.15) is 11.3 Å². The van der Waals surface area contributed by atoms with Gasteiger partial charge in [-0.3, -0.25) is 0 Å². The van der Waals surface area contributed by atoms with Crippen LogP contribution in [0.3, 0.4) is 0 Å². The Balaban J connectivity index is 2.28. The molecule has 1 N–H and O–H groups in total. The second-order valence-corrected chi connectivity index (χ2v) is 3.81. The van der Waals surface area contributed by atoms with Crippen LogP contribution in [-0.2, 0) is 6.54 Å². The Morgan fingerprint density at radius 1 is 1.27 bits per heavy atom. The van der Waals surface area contributed by atoms with Crippen LogP contribution in [0.15, 0.2) is 28.7 Å². The zero-order chi connectivity index (χ0) is 10.7. The first kappa shape index (κ1) is 10.2. The van der Waals surface area contributed by atoms with E-state index in [-0.39, 0.29) is 0 Å². The van der Waals surface area contributed by atoms with Crippen molar-refractivity contribution in [2.24, 2.45) is 0 Å². The lowest BCUT2D eigenvalue weighted by Crippen LogP contribution is -2.13. The number of hydrogen-bond donors (Lipinski definition) is 1. The summed E-state index contributed by atoms with van der Waals surface area (Å²) in [4.78, 5) is 0. The first-order valence-electron chi connectivity index (χ1n) is 5.50. The monoisotopic (exact) mass is 203 g/mol. The number of aryl methyl sites for hydroxylation is 1. The molecule has 0 aliphatic carbocycles. The van der Waals surface area contributed by atoms with Crippen molar-refractivity contribution in [2.75, 3.05) is 6.54 Å². The van der Waals surface area contributed by atoms with Gasteiger partial charge in [0.25, 0.3) is 0 Å². The molecule has 0 saturated carbocycles. The van der Waals surface area contributed by atoms with Crippen molar-refractivity contribution in [3.8, 4) is 0 Å². The van der Waals surface area contributed by atoms with E-state index in [1.165, 1.54) is 10.9 Å². The first-order chi connectivity index (χ1) is 7.33. The van der Waals surface area contributed by atoms with Crippen LogP contribution < -0.4 is 5.32 Å². The van der Waals surface area contributed by atoms with Gasteiger partial charge < -0.3 is 9.73 Å². The molecule has 1 heterocycles. The Morgan fingerprint density at radius 3 is 2.87 bits per heavy atom. The highest BCUT2D eigenvalue weighted by Gasteiger charge is 2.08. The summed E-state index contributed by atoms with van der Waals surface area (Å²) in [7, 11) is 0. The Labute approximate surface area is 90.3 Å². The first-order valence-corrected chi connectivity index (χ1v) is 5.50. The average Bonchev–Trinajstić information content (AvgIpc) is 2.56. The summed E-state index contributed by atoms with van der Waals surface area (Å²) in [5, 5.41) is 4.65. The zero-order valence-electron chi connectivity index (χ0n) is 9.34. The van der Waals surface area contributed by atoms with Gasteiger partial charge >= 0.3 is 0 Å². The lowest BCUT2D eigenvalue weighted by atomic mass is 10.1. The molecule has 0 spiro atoms. The van der Waals surface area contributed by atoms with Crippen molar-refractivity contribution >= 4 is 11.0 Å². The molecule has 0 bridgehead atoms. The van der Waals surface area contributed by atoms with E-state index >= 15 is 0 Å². The van der Waals surface area contributed by atoms with Gasteiger partial charge in [-0.2, -0.15) is 0 Å². The van der Waals surface area contributed by atoms with E-state index in [0.717, 1.165) is 30.9 Å². The van der Waals surface area contributed by atoms with Gasteiger partial charge in [0.05, 0.1) is 0 Å². The van der Waals surface area contributed by atoms with Gasteiger partial charge in [-0.15, -0.1) is 0 Å². The number of benzene rings is 1. The van der Waals surface area contributed by atoms with Crippen molar-refractivity contribution in [2.45, 2.75) is 26.8 Å². The van der Waals surface area contributed by atoms with E-state index < -0.39 is 0 Å². The summed E-state index contributed by atoms with van der Waals surface area (Å²) >= 11 is 0. The normalized spacial score (nSPS) is 11.1. The maximum atomic E-state index is 5.69. The highest BCUT2D eigenvalue weighted by Crippen LogP contribution is 2.24. The lowest BCUT2D eigenvalue weighted by Gasteiger charge is -2.01. The highest BCUT2D eigenvalue weighted by molar-refractivity contribution is 5.82. The van der Waals surface area contributed by atoms with Crippen LogP contribution in [-0.4, -0.2) is 6.54 Å². The molecule has 0 unspecified atom stereocenters. The minimum Gasteiger partial charge on any atom is -0.461 e. The number of fused-ring (bicyclic) bond motifs is 1. The van der Waals surface area contributed by atoms with Crippen molar-refractivity contribution in [1.29, 1.82) is 0 Å². The molecule has 1 aromatic carbocycles. The fourth-order valence-electron chi connectivity index (χ4n) is 1.83. The van der Waals surface area contributed by atoms with Crippen LogP contribution >= 0.6 is 0 Å². The minimum atomic E-state index is 0.899. The van der Waals surface area contributed by atoms with Gasteiger partial charge in [-0.05, 0) is 26.0 Å². The quantitative estimate of drug-likeness (QED) is 0.772. The fourth-order valence-corrected chi connectivity index (χ4v) is 1.83. The van der Waals surface area contributed by atoms with Gasteiger partial charge in [0, 0.05) is 17.5 Å². The van der Waals surface area contributed by atoms with Crippen LogP contribution in [0.4, 0.5) is 0 Å². The molecule has 0 radical (unpaired) electrons. The number of rotatable bonds is 4. The standard InChI is InChI=1S/C13H17NO/c1-3-8-14-9-12-10(2)15-13-7-5-4-6-11(12)13/h4-7,14H,3,8-9H2,1-2H3. The number of hydrogen-bond acceptors (Lipinski definition) is 2. The largest absolute Gasteiger partial charge is 0.461 e. The predicted octanol–water partition coefficient (Wildman–Crippen LogP) is 3.24. The molecule has 15 heavy (non-hydrogen) atoms. The van der Waals surface area contributed by atoms with Crippen LogP contribution in [0.2, 0.25) is 0 Å². The van der Waals surface area contributed by atoms with E-state index in [2.05, 4.69) is 24.4 Å². The molecule has 0 amide bonds. The lowest BCUT2D eigenvalue weighted by molar-refractivity contribution is 0.564. The smallest absolute Gasteiger partial charge is 0.134 e. The predicted molar refractivity (Wildman–Crippen MR) is 62.9 cm³/mol. The van der Waals surface area contributed by atoms with E-state index in [4.69, 9.17) is 4.42 Å². The fraction of sp³-hybridized carbons (Fsp3) is 0.385. The summed E-state index contributed by atoms with van der Waals surface area (Å²) in [5.74, 6) is 1.03. The van der Waals surface area contributed by atoms with Gasteiger partial charge in [0.15, 0.2) is 0 Å². The summed E-state index contributed by atoms with van der Waals surface area (Å²) in [6.45, 7) is 6.16. The Bertz CT molecular complexity index is 445.